The molecule has 0 bridgehead atoms. The molecule has 1 aliphatic heterocycles. The fourth-order valence-electron chi connectivity index (χ4n) is 2.12. The van der Waals surface area contributed by atoms with E-state index in [0.717, 1.165) is 24.6 Å². The first-order valence-electron chi connectivity index (χ1n) is 5.30. The molecule has 2 rings (SSSR count). The van der Waals surface area contributed by atoms with Crippen LogP contribution in [0.1, 0.15) is 18.9 Å². The molecule has 3 heteroatoms. The number of hydrogen-bond acceptors (Lipinski definition) is 1. The second-order valence-electron chi connectivity index (χ2n) is 4.25. The minimum Gasteiger partial charge on any atom is -0.371 e. The van der Waals surface area contributed by atoms with Crippen molar-refractivity contribution in [1.82, 2.24) is 0 Å². The third kappa shape index (κ3) is 2.33. The average Bonchev–Trinajstić information content (AvgIpc) is 2.64. The van der Waals surface area contributed by atoms with E-state index in [1.54, 1.807) is 12.1 Å². The van der Waals surface area contributed by atoms with Crippen molar-refractivity contribution in [2.24, 2.45) is 5.92 Å². The van der Waals surface area contributed by atoms with Gasteiger partial charge in [-0.2, -0.15) is 0 Å². The summed E-state index contributed by atoms with van der Waals surface area (Å²) in [6.45, 7) is 4.44. The molecule has 15 heavy (non-hydrogen) atoms. The van der Waals surface area contributed by atoms with E-state index in [1.807, 2.05) is 6.07 Å². The molecular weight excluding hydrogens is 257 g/mol. The van der Waals surface area contributed by atoms with Crippen molar-refractivity contribution in [1.29, 1.82) is 0 Å². The summed E-state index contributed by atoms with van der Waals surface area (Å²) >= 11 is 3.41. The molecule has 0 aromatic heterocycles. The highest BCUT2D eigenvalue weighted by Gasteiger charge is 2.20. The minimum absolute atomic E-state index is 0.152. The van der Waals surface area contributed by atoms with E-state index < -0.39 is 0 Å². The normalized spacial score (nSPS) is 21.0. The lowest BCUT2D eigenvalue weighted by atomic mass is 10.1. The molecule has 1 fully saturated rings. The van der Waals surface area contributed by atoms with Gasteiger partial charge in [0.2, 0.25) is 0 Å². The van der Waals surface area contributed by atoms with Crippen LogP contribution in [0.4, 0.5) is 10.1 Å². The molecule has 0 spiro atoms. The Morgan fingerprint density at radius 3 is 2.93 bits per heavy atom. The summed E-state index contributed by atoms with van der Waals surface area (Å²) in [5.41, 5.74) is 2.22. The van der Waals surface area contributed by atoms with Gasteiger partial charge in [0.25, 0.3) is 0 Å². The number of halogens is 2. The second-order valence-corrected chi connectivity index (χ2v) is 4.81. The van der Waals surface area contributed by atoms with Crippen LogP contribution in [0.3, 0.4) is 0 Å². The zero-order chi connectivity index (χ0) is 10.8. The molecule has 1 saturated heterocycles. The highest BCUT2D eigenvalue weighted by atomic mass is 79.9. The predicted molar refractivity (Wildman–Crippen MR) is 65.0 cm³/mol. The number of rotatable bonds is 2. The predicted octanol–water partition coefficient (Wildman–Crippen LogP) is 3.57. The lowest BCUT2D eigenvalue weighted by Gasteiger charge is -2.21. The van der Waals surface area contributed by atoms with Gasteiger partial charge in [0.15, 0.2) is 0 Å². The van der Waals surface area contributed by atoms with Gasteiger partial charge in [-0.15, -0.1) is 0 Å². The third-order valence-corrected chi connectivity index (χ3v) is 3.55. The van der Waals surface area contributed by atoms with Gasteiger partial charge < -0.3 is 4.90 Å². The Hall–Kier alpha value is -0.570. The Balaban J connectivity index is 2.27. The summed E-state index contributed by atoms with van der Waals surface area (Å²) in [5, 5.41) is 0.713. The molecule has 1 aromatic rings. The molecule has 1 unspecified atom stereocenters. The largest absolute Gasteiger partial charge is 0.371 e. The molecule has 1 atom stereocenters. The van der Waals surface area contributed by atoms with Crippen molar-refractivity contribution in [2.45, 2.75) is 18.7 Å². The molecule has 0 N–H and O–H groups in total. The monoisotopic (exact) mass is 271 g/mol. The van der Waals surface area contributed by atoms with Crippen LogP contribution < -0.4 is 4.90 Å². The van der Waals surface area contributed by atoms with Crippen LogP contribution in [0.25, 0.3) is 0 Å². The van der Waals surface area contributed by atoms with Crippen LogP contribution in [0.5, 0.6) is 0 Å². The molecule has 0 radical (unpaired) electrons. The van der Waals surface area contributed by atoms with Gasteiger partial charge in [-0.25, -0.2) is 4.39 Å². The second kappa shape index (κ2) is 4.52. The van der Waals surface area contributed by atoms with Crippen LogP contribution in [0, 0.1) is 11.7 Å². The van der Waals surface area contributed by atoms with Gasteiger partial charge in [-0.1, -0.05) is 22.9 Å². The Kier molecular flexibility index (Phi) is 3.29. The summed E-state index contributed by atoms with van der Waals surface area (Å²) in [5.74, 6) is 0.596. The quantitative estimate of drug-likeness (QED) is 0.744. The van der Waals surface area contributed by atoms with E-state index in [0.29, 0.717) is 5.33 Å². The molecule has 1 heterocycles. The van der Waals surface area contributed by atoms with Gasteiger partial charge in [-0.3, -0.25) is 0 Å². The van der Waals surface area contributed by atoms with Crippen molar-refractivity contribution in [2.75, 3.05) is 18.0 Å². The molecular formula is C12H15BrFN. The van der Waals surface area contributed by atoms with Crippen LogP contribution in [-0.2, 0) is 5.33 Å². The average molecular weight is 272 g/mol. The van der Waals surface area contributed by atoms with Crippen molar-refractivity contribution < 1.29 is 4.39 Å². The SMILES string of the molecule is CC1CCN(c2ccc(F)cc2CBr)C1. The lowest BCUT2D eigenvalue weighted by Crippen LogP contribution is -2.20. The maximum absolute atomic E-state index is 13.1. The topological polar surface area (TPSA) is 3.24 Å². The van der Waals surface area contributed by atoms with Crippen LogP contribution in [0.15, 0.2) is 18.2 Å². The van der Waals surface area contributed by atoms with E-state index in [4.69, 9.17) is 0 Å². The maximum atomic E-state index is 13.1. The maximum Gasteiger partial charge on any atom is 0.123 e. The summed E-state index contributed by atoms with van der Waals surface area (Å²) in [4.78, 5) is 2.35. The first-order valence-corrected chi connectivity index (χ1v) is 6.42. The van der Waals surface area contributed by atoms with E-state index in [-0.39, 0.29) is 5.82 Å². The Bertz CT molecular complexity index is 353. The summed E-state index contributed by atoms with van der Waals surface area (Å²) in [6.07, 6.45) is 1.24. The van der Waals surface area contributed by atoms with Crippen LogP contribution >= 0.6 is 15.9 Å². The Morgan fingerprint density at radius 2 is 2.33 bits per heavy atom. The summed E-state index contributed by atoms with van der Waals surface area (Å²) < 4.78 is 13.1. The highest BCUT2D eigenvalue weighted by Crippen LogP contribution is 2.28. The molecule has 1 nitrogen and oxygen atoms in total. The van der Waals surface area contributed by atoms with Crippen molar-refractivity contribution in [3.05, 3.63) is 29.6 Å². The summed E-state index contributed by atoms with van der Waals surface area (Å²) in [6, 6.07) is 5.06. The van der Waals surface area contributed by atoms with Crippen molar-refractivity contribution >= 4 is 21.6 Å². The van der Waals surface area contributed by atoms with E-state index >= 15 is 0 Å². The van der Waals surface area contributed by atoms with E-state index in [9.17, 15) is 4.39 Å². The van der Waals surface area contributed by atoms with Gasteiger partial charge in [0.1, 0.15) is 5.82 Å². The molecule has 1 aromatic carbocycles. The minimum atomic E-state index is -0.152. The standard InChI is InChI=1S/C12H15BrFN/c1-9-4-5-15(8-9)12-3-2-11(14)6-10(12)7-13/h2-3,6,9H,4-5,7-8H2,1H3. The Labute approximate surface area is 98.4 Å². The first kappa shape index (κ1) is 10.9. The van der Waals surface area contributed by atoms with Gasteiger partial charge in [0, 0.05) is 24.1 Å². The van der Waals surface area contributed by atoms with Gasteiger partial charge in [-0.05, 0) is 36.1 Å². The lowest BCUT2D eigenvalue weighted by molar-refractivity contribution is 0.626. The molecule has 1 aliphatic rings. The smallest absolute Gasteiger partial charge is 0.123 e. The van der Waals surface area contributed by atoms with Crippen LogP contribution in [-0.4, -0.2) is 13.1 Å². The van der Waals surface area contributed by atoms with Gasteiger partial charge in [0.05, 0.1) is 0 Å². The number of alkyl halides is 1. The third-order valence-electron chi connectivity index (χ3n) is 2.95. The summed E-state index contributed by atoms with van der Waals surface area (Å²) in [7, 11) is 0. The van der Waals surface area contributed by atoms with Crippen LogP contribution in [0.2, 0.25) is 0 Å². The molecule has 82 valence electrons. The van der Waals surface area contributed by atoms with Crippen molar-refractivity contribution in [3.8, 4) is 0 Å². The number of benzene rings is 1. The fraction of sp³-hybridized carbons (Fsp3) is 0.500. The zero-order valence-corrected chi connectivity index (χ0v) is 10.4. The Morgan fingerprint density at radius 1 is 1.53 bits per heavy atom. The molecule has 0 amide bonds. The number of anilines is 1. The zero-order valence-electron chi connectivity index (χ0n) is 8.84. The number of nitrogens with zero attached hydrogens (tertiary/aromatic N) is 1. The van der Waals surface area contributed by atoms with Gasteiger partial charge >= 0.3 is 0 Å². The van der Waals surface area contributed by atoms with Crippen molar-refractivity contribution in [3.63, 3.8) is 0 Å². The number of hydrogen-bond donors (Lipinski definition) is 0. The molecule has 0 aliphatic carbocycles. The highest BCUT2D eigenvalue weighted by molar-refractivity contribution is 9.08. The molecule has 0 saturated carbocycles. The van der Waals surface area contributed by atoms with E-state index in [1.165, 1.54) is 12.1 Å². The first-order chi connectivity index (χ1) is 7.20. The fourth-order valence-corrected chi connectivity index (χ4v) is 2.57. The van der Waals surface area contributed by atoms with E-state index in [2.05, 4.69) is 27.8 Å².